The van der Waals surface area contributed by atoms with Gasteiger partial charge in [0.2, 0.25) is 5.88 Å². The van der Waals surface area contributed by atoms with Crippen LogP contribution in [0, 0.1) is 11.3 Å². The van der Waals surface area contributed by atoms with Crippen LogP contribution in [0.1, 0.15) is 45.6 Å². The molecule has 0 bridgehead atoms. The molecule has 3 heterocycles. The summed E-state index contributed by atoms with van der Waals surface area (Å²) in [6.07, 6.45) is 4.02. The van der Waals surface area contributed by atoms with E-state index in [4.69, 9.17) is 10.00 Å². The molecule has 1 fully saturated rings. The van der Waals surface area contributed by atoms with Gasteiger partial charge in [-0.05, 0) is 47.7 Å². The molecule has 0 radical (unpaired) electrons. The van der Waals surface area contributed by atoms with E-state index in [0.717, 1.165) is 34.4 Å². The van der Waals surface area contributed by atoms with Crippen molar-refractivity contribution in [3.05, 3.63) is 69.7 Å². The highest BCUT2D eigenvalue weighted by Gasteiger charge is 2.27. The summed E-state index contributed by atoms with van der Waals surface area (Å²) < 4.78 is 6.03. The number of carbonyl (C=O) groups excluding carboxylic acids is 1. The minimum Gasteiger partial charge on any atom is -0.474 e. The molecule has 5 rings (SSSR count). The third-order valence-corrected chi connectivity index (χ3v) is 6.38. The molecule has 1 aromatic carbocycles. The molecule has 0 saturated heterocycles. The van der Waals surface area contributed by atoms with Gasteiger partial charge in [-0.2, -0.15) is 5.26 Å². The van der Waals surface area contributed by atoms with Gasteiger partial charge in [-0.1, -0.05) is 18.2 Å². The lowest BCUT2D eigenvalue weighted by molar-refractivity contribution is 0.0777. The zero-order chi connectivity index (χ0) is 21.4. The normalized spacial score (nSPS) is 14.2. The van der Waals surface area contributed by atoms with E-state index in [2.05, 4.69) is 16.0 Å². The number of aliphatic imine (C=N–C) groups is 1. The van der Waals surface area contributed by atoms with Gasteiger partial charge in [-0.15, -0.1) is 11.3 Å². The van der Waals surface area contributed by atoms with Crippen molar-refractivity contribution in [2.45, 2.75) is 32.0 Å². The zero-order valence-corrected chi connectivity index (χ0v) is 17.9. The molecule has 0 spiro atoms. The molecule has 0 unspecified atom stereocenters. The summed E-state index contributed by atoms with van der Waals surface area (Å²) >= 11 is 1.47. The second-order valence-corrected chi connectivity index (χ2v) is 8.71. The van der Waals surface area contributed by atoms with Crippen molar-refractivity contribution in [1.29, 1.82) is 5.26 Å². The maximum Gasteiger partial charge on any atom is 0.272 e. The molecular weight excluding hydrogens is 408 g/mol. The number of pyridine rings is 1. The third kappa shape index (κ3) is 3.94. The van der Waals surface area contributed by atoms with Gasteiger partial charge in [0.05, 0.1) is 17.7 Å². The third-order valence-electron chi connectivity index (χ3n) is 5.42. The number of ether oxygens (including phenoxy) is 1. The molecule has 2 aliphatic rings. The number of aromatic nitrogens is 1. The summed E-state index contributed by atoms with van der Waals surface area (Å²) in [4.78, 5) is 24.6. The molecule has 6 nitrogen and oxygen atoms in total. The summed E-state index contributed by atoms with van der Waals surface area (Å²) in [5.41, 5.74) is 5.16. The molecular formula is C24H20N4O2S. The molecule has 2 aromatic heterocycles. The summed E-state index contributed by atoms with van der Waals surface area (Å²) in [7, 11) is 1.78. The predicted octanol–water partition coefficient (Wildman–Crippen LogP) is 4.43. The molecule has 31 heavy (non-hydrogen) atoms. The highest BCUT2D eigenvalue weighted by Crippen LogP contribution is 2.37. The molecule has 3 aromatic rings. The average Bonchev–Trinajstić information content (AvgIpc) is 3.27. The lowest BCUT2D eigenvalue weighted by Gasteiger charge is -2.19. The molecule has 0 N–H and O–H groups in total. The molecule has 1 aliphatic carbocycles. The van der Waals surface area contributed by atoms with Crippen LogP contribution in [0.25, 0.3) is 10.4 Å². The first-order chi connectivity index (χ1) is 15.1. The number of amides is 1. The Morgan fingerprint density at radius 3 is 2.97 bits per heavy atom. The van der Waals surface area contributed by atoms with Gasteiger partial charge in [-0.3, -0.25) is 9.79 Å². The first-order valence-electron chi connectivity index (χ1n) is 10.1. The smallest absolute Gasteiger partial charge is 0.272 e. The van der Waals surface area contributed by atoms with Crippen molar-refractivity contribution in [2.75, 3.05) is 7.05 Å². The topological polar surface area (TPSA) is 78.6 Å². The number of fused-ring (bicyclic) bond motifs is 1. The number of nitrogens with zero attached hydrogens (tertiary/aromatic N) is 4. The number of hydrogen-bond donors (Lipinski definition) is 0. The Bertz CT molecular complexity index is 1240. The van der Waals surface area contributed by atoms with Gasteiger partial charge in [0, 0.05) is 30.1 Å². The van der Waals surface area contributed by atoms with Crippen molar-refractivity contribution < 1.29 is 9.53 Å². The van der Waals surface area contributed by atoms with Crippen LogP contribution in [0.4, 0.5) is 0 Å². The van der Waals surface area contributed by atoms with Crippen molar-refractivity contribution in [3.63, 3.8) is 0 Å². The van der Waals surface area contributed by atoms with Crippen LogP contribution < -0.4 is 4.74 Å². The van der Waals surface area contributed by atoms with Crippen LogP contribution in [0.15, 0.2) is 46.8 Å². The molecule has 7 heteroatoms. The molecule has 1 saturated carbocycles. The average molecular weight is 429 g/mol. The van der Waals surface area contributed by atoms with E-state index in [1.54, 1.807) is 18.0 Å². The van der Waals surface area contributed by atoms with E-state index in [0.29, 0.717) is 30.2 Å². The van der Waals surface area contributed by atoms with E-state index in [-0.39, 0.29) is 12.0 Å². The monoisotopic (exact) mass is 428 g/mol. The van der Waals surface area contributed by atoms with E-state index in [1.165, 1.54) is 16.9 Å². The zero-order valence-electron chi connectivity index (χ0n) is 17.0. The second kappa shape index (κ2) is 7.97. The highest BCUT2D eigenvalue weighted by molar-refractivity contribution is 7.13. The fraction of sp³-hybridized carbons (Fsp3) is 0.250. The maximum absolute atomic E-state index is 13.1. The van der Waals surface area contributed by atoms with Crippen LogP contribution in [0.2, 0.25) is 0 Å². The molecule has 0 atom stereocenters. The Labute approximate surface area is 184 Å². The number of hydrogen-bond acceptors (Lipinski definition) is 6. The van der Waals surface area contributed by atoms with E-state index < -0.39 is 0 Å². The van der Waals surface area contributed by atoms with E-state index >= 15 is 0 Å². The quantitative estimate of drug-likeness (QED) is 0.582. The van der Waals surface area contributed by atoms with Crippen LogP contribution in [-0.4, -0.2) is 35.2 Å². The van der Waals surface area contributed by atoms with Crippen molar-refractivity contribution >= 4 is 23.5 Å². The number of thiophene rings is 1. The Hall–Kier alpha value is -3.50. The van der Waals surface area contributed by atoms with Gasteiger partial charge in [0.15, 0.2) is 0 Å². The van der Waals surface area contributed by atoms with Gasteiger partial charge in [-0.25, -0.2) is 4.98 Å². The number of rotatable bonds is 6. The SMILES string of the molecule is CN(Cc1cccc2c1CN=C2)C(=O)c1ccc(-c2cc(C#N)cs2)c(OC2CC2)n1. The fourth-order valence-corrected chi connectivity index (χ4v) is 4.44. The summed E-state index contributed by atoms with van der Waals surface area (Å²) in [5.74, 6) is 0.301. The first-order valence-corrected chi connectivity index (χ1v) is 11.0. The van der Waals surface area contributed by atoms with Crippen molar-refractivity contribution in [1.82, 2.24) is 9.88 Å². The van der Waals surface area contributed by atoms with E-state index in [1.807, 2.05) is 41.9 Å². The molecule has 1 aliphatic heterocycles. The van der Waals surface area contributed by atoms with Crippen LogP contribution in [0.3, 0.4) is 0 Å². The van der Waals surface area contributed by atoms with Crippen LogP contribution >= 0.6 is 11.3 Å². The van der Waals surface area contributed by atoms with E-state index in [9.17, 15) is 4.79 Å². The Morgan fingerprint density at radius 2 is 2.19 bits per heavy atom. The van der Waals surface area contributed by atoms with Gasteiger partial charge >= 0.3 is 0 Å². The molecule has 1 amide bonds. The summed E-state index contributed by atoms with van der Waals surface area (Å²) in [6, 6.07) is 13.7. The standard InChI is InChI=1S/C24H20N4O2S/c1-28(13-17-4-2-3-16-11-26-12-20(16)17)24(29)21-8-7-19(22-9-15(10-25)14-31-22)23(27-21)30-18-5-6-18/h2-4,7-9,11,14,18H,5-6,12-13H2,1H3. The van der Waals surface area contributed by atoms with Gasteiger partial charge in [0.1, 0.15) is 17.9 Å². The Balaban J connectivity index is 1.41. The Kier molecular flexibility index (Phi) is 5.00. The lowest BCUT2D eigenvalue weighted by Crippen LogP contribution is -2.27. The largest absolute Gasteiger partial charge is 0.474 e. The second-order valence-electron chi connectivity index (χ2n) is 7.79. The first kappa shape index (κ1) is 19.5. The fourth-order valence-electron chi connectivity index (χ4n) is 3.59. The number of carbonyl (C=O) groups is 1. The number of nitriles is 1. The molecule has 154 valence electrons. The number of benzene rings is 1. The highest BCUT2D eigenvalue weighted by atomic mass is 32.1. The van der Waals surface area contributed by atoms with Gasteiger partial charge in [0.25, 0.3) is 5.91 Å². The van der Waals surface area contributed by atoms with Crippen molar-refractivity contribution in [2.24, 2.45) is 4.99 Å². The predicted molar refractivity (Wildman–Crippen MR) is 119 cm³/mol. The van der Waals surface area contributed by atoms with Crippen molar-refractivity contribution in [3.8, 4) is 22.4 Å². The van der Waals surface area contributed by atoms with Gasteiger partial charge < -0.3 is 9.64 Å². The maximum atomic E-state index is 13.1. The summed E-state index contributed by atoms with van der Waals surface area (Å²) in [5, 5.41) is 10.9. The Morgan fingerprint density at radius 1 is 1.32 bits per heavy atom. The van der Waals surface area contributed by atoms with Crippen LogP contribution in [0.5, 0.6) is 5.88 Å². The lowest BCUT2D eigenvalue weighted by atomic mass is 10.0. The van der Waals surface area contributed by atoms with Crippen LogP contribution in [-0.2, 0) is 13.1 Å². The minimum atomic E-state index is -0.160. The minimum absolute atomic E-state index is 0.150. The summed E-state index contributed by atoms with van der Waals surface area (Å²) in [6.45, 7) is 1.15.